The summed E-state index contributed by atoms with van der Waals surface area (Å²) < 4.78 is 0. The molecule has 138 valence electrons. The van der Waals surface area contributed by atoms with Gasteiger partial charge in [0.2, 0.25) is 5.91 Å². The Hall–Kier alpha value is -2.41. The lowest BCUT2D eigenvalue weighted by atomic mass is 10.0. The second-order valence-electron chi connectivity index (χ2n) is 6.76. The van der Waals surface area contributed by atoms with Crippen LogP contribution in [0, 0.1) is 5.92 Å². The van der Waals surface area contributed by atoms with Crippen molar-refractivity contribution in [2.45, 2.75) is 32.7 Å². The molecule has 0 bridgehead atoms. The van der Waals surface area contributed by atoms with E-state index in [9.17, 15) is 9.59 Å². The molecule has 2 N–H and O–H groups in total. The van der Waals surface area contributed by atoms with Crippen LogP contribution in [0.4, 0.5) is 11.5 Å². The molecule has 1 saturated heterocycles. The fourth-order valence-corrected chi connectivity index (χ4v) is 3.60. The van der Waals surface area contributed by atoms with Crippen LogP contribution in [0.5, 0.6) is 0 Å². The molecule has 0 radical (unpaired) electrons. The van der Waals surface area contributed by atoms with Crippen LogP contribution < -0.4 is 15.5 Å². The first-order chi connectivity index (χ1) is 12.5. The summed E-state index contributed by atoms with van der Waals surface area (Å²) in [6.45, 7) is 5.88. The molecule has 2 aromatic heterocycles. The second-order valence-corrected chi connectivity index (χ2v) is 7.71. The lowest BCUT2D eigenvalue weighted by Crippen LogP contribution is -2.46. The van der Waals surface area contributed by atoms with E-state index in [0.717, 1.165) is 18.9 Å². The van der Waals surface area contributed by atoms with Gasteiger partial charge in [-0.25, -0.2) is 4.98 Å². The number of nitrogens with zero attached hydrogens (tertiary/aromatic N) is 2. The number of carbonyl (C=O) groups is 2. The zero-order valence-electron chi connectivity index (χ0n) is 15.1. The molecule has 0 aromatic carbocycles. The monoisotopic (exact) mass is 372 g/mol. The number of thiophene rings is 1. The predicted molar refractivity (Wildman–Crippen MR) is 105 cm³/mol. The summed E-state index contributed by atoms with van der Waals surface area (Å²) in [7, 11) is 0. The fourth-order valence-electron chi connectivity index (χ4n) is 2.97. The first kappa shape index (κ1) is 18.4. The highest BCUT2D eigenvalue weighted by atomic mass is 32.1. The average Bonchev–Trinajstić information content (AvgIpc) is 3.33. The summed E-state index contributed by atoms with van der Waals surface area (Å²) in [5.74, 6) is 0.444. The maximum absolute atomic E-state index is 12.6. The summed E-state index contributed by atoms with van der Waals surface area (Å²) in [6, 6.07) is 6.74. The van der Waals surface area contributed by atoms with Crippen LogP contribution in [0.25, 0.3) is 0 Å². The van der Waals surface area contributed by atoms with Crippen molar-refractivity contribution in [3.05, 3.63) is 40.7 Å². The van der Waals surface area contributed by atoms with Crippen molar-refractivity contribution in [1.82, 2.24) is 10.3 Å². The molecule has 0 spiro atoms. The normalized spacial score (nSPS) is 15.1. The van der Waals surface area contributed by atoms with Crippen molar-refractivity contribution in [2.75, 3.05) is 23.3 Å². The van der Waals surface area contributed by atoms with Gasteiger partial charge in [0.15, 0.2) is 0 Å². The fraction of sp³-hybridized carbons (Fsp3) is 0.421. The molecule has 1 aliphatic heterocycles. The second kappa shape index (κ2) is 8.31. The van der Waals surface area contributed by atoms with Crippen LogP contribution in [0.15, 0.2) is 35.8 Å². The van der Waals surface area contributed by atoms with Crippen LogP contribution >= 0.6 is 11.3 Å². The van der Waals surface area contributed by atoms with Gasteiger partial charge in [0.1, 0.15) is 11.9 Å². The van der Waals surface area contributed by atoms with Crippen molar-refractivity contribution < 1.29 is 9.59 Å². The summed E-state index contributed by atoms with van der Waals surface area (Å²) in [5.41, 5.74) is 0.633. The minimum Gasteiger partial charge on any atom is -0.357 e. The zero-order chi connectivity index (χ0) is 18.5. The Labute approximate surface area is 157 Å². The molecule has 26 heavy (non-hydrogen) atoms. The van der Waals surface area contributed by atoms with Gasteiger partial charge in [0.25, 0.3) is 5.91 Å². The Balaban J connectivity index is 1.63. The van der Waals surface area contributed by atoms with Crippen LogP contribution in [0.1, 0.15) is 36.4 Å². The molecule has 0 aliphatic carbocycles. The van der Waals surface area contributed by atoms with Crippen LogP contribution in [-0.4, -0.2) is 35.9 Å². The molecule has 2 aromatic rings. The van der Waals surface area contributed by atoms with E-state index in [1.165, 1.54) is 24.2 Å². The molecule has 2 amide bonds. The molecule has 7 heteroatoms. The van der Waals surface area contributed by atoms with Crippen molar-refractivity contribution in [3.8, 4) is 0 Å². The number of hydrogen-bond donors (Lipinski definition) is 2. The molecule has 1 fully saturated rings. The first-order valence-corrected chi connectivity index (χ1v) is 9.79. The predicted octanol–water partition coefficient (Wildman–Crippen LogP) is 3.14. The Morgan fingerprint density at radius 3 is 2.54 bits per heavy atom. The third kappa shape index (κ3) is 4.40. The van der Waals surface area contributed by atoms with E-state index in [0.29, 0.717) is 10.6 Å². The Morgan fingerprint density at radius 2 is 1.96 bits per heavy atom. The van der Waals surface area contributed by atoms with Crippen molar-refractivity contribution in [1.29, 1.82) is 0 Å². The van der Waals surface area contributed by atoms with Gasteiger partial charge in [0.05, 0.1) is 16.8 Å². The third-order valence-corrected chi connectivity index (χ3v) is 5.29. The minimum atomic E-state index is -0.608. The number of hydrogen-bond acceptors (Lipinski definition) is 5. The molecule has 6 nitrogen and oxygen atoms in total. The molecule has 3 heterocycles. The average molecular weight is 372 g/mol. The lowest BCUT2D eigenvalue weighted by molar-refractivity contribution is -0.118. The highest BCUT2D eigenvalue weighted by Gasteiger charge is 2.25. The van der Waals surface area contributed by atoms with E-state index in [-0.39, 0.29) is 17.7 Å². The first-order valence-electron chi connectivity index (χ1n) is 8.91. The SMILES string of the molecule is CC(C)[C@H](NC(=O)c1cccs1)C(=O)Nc1ccc(N2CCCC2)nc1. The molecule has 0 unspecified atom stereocenters. The van der Waals surface area contributed by atoms with E-state index in [1.807, 2.05) is 37.4 Å². The molecule has 3 rings (SSSR count). The van der Waals surface area contributed by atoms with E-state index in [2.05, 4.69) is 20.5 Å². The summed E-state index contributed by atoms with van der Waals surface area (Å²) >= 11 is 1.36. The van der Waals surface area contributed by atoms with Gasteiger partial charge in [0, 0.05) is 13.1 Å². The topological polar surface area (TPSA) is 74.3 Å². The van der Waals surface area contributed by atoms with Gasteiger partial charge in [-0.05, 0) is 42.3 Å². The molecule has 0 saturated carbocycles. The Morgan fingerprint density at radius 1 is 1.19 bits per heavy atom. The maximum Gasteiger partial charge on any atom is 0.262 e. The summed E-state index contributed by atoms with van der Waals surface area (Å²) in [6.07, 6.45) is 4.06. The number of anilines is 2. The van der Waals surface area contributed by atoms with Crippen LogP contribution in [-0.2, 0) is 4.79 Å². The number of amides is 2. The van der Waals surface area contributed by atoms with E-state index in [1.54, 1.807) is 12.3 Å². The van der Waals surface area contributed by atoms with Crippen molar-refractivity contribution >= 4 is 34.7 Å². The highest BCUT2D eigenvalue weighted by molar-refractivity contribution is 7.12. The highest BCUT2D eigenvalue weighted by Crippen LogP contribution is 2.19. The largest absolute Gasteiger partial charge is 0.357 e. The van der Waals surface area contributed by atoms with Crippen LogP contribution in [0.2, 0.25) is 0 Å². The molecular weight excluding hydrogens is 348 g/mol. The summed E-state index contributed by atoms with van der Waals surface area (Å²) in [5, 5.41) is 7.53. The van der Waals surface area contributed by atoms with Gasteiger partial charge < -0.3 is 15.5 Å². The van der Waals surface area contributed by atoms with E-state index >= 15 is 0 Å². The molecular formula is C19H24N4O2S. The standard InChI is InChI=1S/C19H24N4O2S/c1-13(2)17(22-18(24)15-6-5-11-26-15)19(25)21-14-7-8-16(20-12-14)23-9-3-4-10-23/h5-8,11-13,17H,3-4,9-10H2,1-2H3,(H,21,25)(H,22,24)/t17-/m0/s1. The van der Waals surface area contributed by atoms with Gasteiger partial charge >= 0.3 is 0 Å². The number of carbonyl (C=O) groups excluding carboxylic acids is 2. The minimum absolute atomic E-state index is 0.0317. The Bertz CT molecular complexity index is 737. The van der Waals surface area contributed by atoms with Crippen LogP contribution in [0.3, 0.4) is 0 Å². The van der Waals surface area contributed by atoms with E-state index in [4.69, 9.17) is 0 Å². The molecule has 1 atom stereocenters. The molecule has 1 aliphatic rings. The Kier molecular flexibility index (Phi) is 5.88. The number of rotatable bonds is 6. The van der Waals surface area contributed by atoms with Crippen molar-refractivity contribution in [3.63, 3.8) is 0 Å². The maximum atomic E-state index is 12.6. The smallest absolute Gasteiger partial charge is 0.262 e. The number of nitrogens with one attached hydrogen (secondary N) is 2. The third-order valence-electron chi connectivity index (χ3n) is 4.43. The quantitative estimate of drug-likeness (QED) is 0.817. The number of aromatic nitrogens is 1. The zero-order valence-corrected chi connectivity index (χ0v) is 15.9. The summed E-state index contributed by atoms with van der Waals surface area (Å²) in [4.78, 5) is 32.2. The van der Waals surface area contributed by atoms with Gasteiger partial charge in [-0.1, -0.05) is 19.9 Å². The lowest BCUT2D eigenvalue weighted by Gasteiger charge is -2.22. The van der Waals surface area contributed by atoms with E-state index < -0.39 is 6.04 Å². The van der Waals surface area contributed by atoms with Gasteiger partial charge in [-0.3, -0.25) is 9.59 Å². The van der Waals surface area contributed by atoms with Crippen molar-refractivity contribution in [2.24, 2.45) is 5.92 Å². The van der Waals surface area contributed by atoms with Gasteiger partial charge in [-0.15, -0.1) is 11.3 Å². The van der Waals surface area contributed by atoms with Gasteiger partial charge in [-0.2, -0.15) is 0 Å². The number of pyridine rings is 1.